The topological polar surface area (TPSA) is 0 Å². The molecule has 0 atom stereocenters. The van der Waals surface area contributed by atoms with E-state index in [2.05, 4.69) is 181 Å². The van der Waals surface area contributed by atoms with Gasteiger partial charge in [-0.05, 0) is 0 Å². The number of hydrogen-bond acceptors (Lipinski definition) is 0. The second-order valence-corrected chi connectivity index (χ2v) is 21.2. The quantitative estimate of drug-likeness (QED) is 0.174. The molecule has 46 heavy (non-hydrogen) atoms. The van der Waals surface area contributed by atoms with E-state index < -0.39 is 21.3 Å². The zero-order valence-electron chi connectivity index (χ0n) is 28.1. The van der Waals surface area contributed by atoms with Crippen molar-refractivity contribution in [3.05, 3.63) is 182 Å². The minimum atomic E-state index is -2.85. The van der Waals surface area contributed by atoms with Gasteiger partial charge in [0.2, 0.25) is 0 Å². The van der Waals surface area contributed by atoms with Gasteiger partial charge in [0.1, 0.15) is 0 Å². The molecule has 2 aliphatic carbocycles. The average molecular weight is 676 g/mol. The fraction of sp³-hybridized carbons (Fsp3) is 0.222. The molecule has 0 radical (unpaired) electrons. The molecular weight excluding hydrogens is 632 g/mol. The minimum absolute atomic E-state index is 0.0779. The van der Waals surface area contributed by atoms with Crippen LogP contribution >= 0.6 is 0 Å². The second-order valence-electron chi connectivity index (χ2n) is 15.0. The van der Waals surface area contributed by atoms with E-state index in [0.29, 0.717) is 3.63 Å². The number of hydrogen-bond donors (Lipinski definition) is 0. The van der Waals surface area contributed by atoms with Crippen LogP contribution in [0.25, 0.3) is 16.7 Å². The Hall–Kier alpha value is -3.67. The van der Waals surface area contributed by atoms with Crippen LogP contribution in [0.15, 0.2) is 143 Å². The normalized spacial score (nSPS) is 14.4. The Morgan fingerprint density at radius 2 is 1.02 bits per heavy atom. The average Bonchev–Trinajstić information content (AvgIpc) is 3.67. The Morgan fingerprint density at radius 3 is 1.48 bits per heavy atom. The molecule has 0 saturated carbocycles. The van der Waals surface area contributed by atoms with Gasteiger partial charge in [0, 0.05) is 0 Å². The molecular formula is C45H44Zr. The van der Waals surface area contributed by atoms with Crippen molar-refractivity contribution in [3.8, 4) is 11.1 Å². The van der Waals surface area contributed by atoms with Crippen LogP contribution in [-0.2, 0) is 32.1 Å². The number of allylic oxidation sites excluding steroid dienone is 4. The Labute approximate surface area is 283 Å². The van der Waals surface area contributed by atoms with Gasteiger partial charge in [0.25, 0.3) is 0 Å². The van der Waals surface area contributed by atoms with Crippen LogP contribution in [0.2, 0.25) is 0 Å². The Kier molecular flexibility index (Phi) is 8.19. The predicted octanol–water partition coefficient (Wildman–Crippen LogP) is 11.6. The van der Waals surface area contributed by atoms with Gasteiger partial charge in [-0.2, -0.15) is 0 Å². The third-order valence-electron chi connectivity index (χ3n) is 9.76. The van der Waals surface area contributed by atoms with Crippen LogP contribution in [0, 0.1) is 0 Å². The third kappa shape index (κ3) is 5.84. The van der Waals surface area contributed by atoms with E-state index in [1.165, 1.54) is 44.5 Å². The van der Waals surface area contributed by atoms with Crippen LogP contribution in [0.5, 0.6) is 0 Å². The summed E-state index contributed by atoms with van der Waals surface area (Å²) < 4.78 is 3.65. The number of rotatable bonds is 5. The maximum absolute atomic E-state index is 2.85. The summed E-state index contributed by atoms with van der Waals surface area (Å²) in [5.41, 5.74) is 14.4. The zero-order chi connectivity index (χ0) is 32.1. The first-order valence-corrected chi connectivity index (χ1v) is 20.6. The molecule has 0 amide bonds. The molecule has 0 nitrogen and oxygen atoms in total. The van der Waals surface area contributed by atoms with E-state index in [0.717, 1.165) is 6.42 Å². The summed E-state index contributed by atoms with van der Waals surface area (Å²) in [6, 6.07) is 48.4. The fourth-order valence-corrected chi connectivity index (χ4v) is 16.2. The zero-order valence-corrected chi connectivity index (χ0v) is 30.5. The maximum atomic E-state index is 2.59. The van der Waals surface area contributed by atoms with Crippen LogP contribution in [0.1, 0.15) is 90.5 Å². The molecule has 0 bridgehead atoms. The van der Waals surface area contributed by atoms with E-state index in [1.54, 1.807) is 17.6 Å². The molecule has 0 spiro atoms. The molecule has 2 aliphatic rings. The fourth-order valence-electron chi connectivity index (χ4n) is 7.23. The molecule has 0 saturated heterocycles. The Bertz CT molecular complexity index is 1890. The molecule has 0 heterocycles. The number of fused-ring (bicyclic) bond motifs is 3. The Morgan fingerprint density at radius 1 is 0.565 bits per heavy atom. The molecule has 5 aromatic rings. The van der Waals surface area contributed by atoms with Gasteiger partial charge in [0.05, 0.1) is 0 Å². The summed E-state index contributed by atoms with van der Waals surface area (Å²) in [5.74, 6) is 0. The summed E-state index contributed by atoms with van der Waals surface area (Å²) in [4.78, 5) is 0. The van der Waals surface area contributed by atoms with Crippen molar-refractivity contribution in [2.24, 2.45) is 0 Å². The number of benzene rings is 5. The van der Waals surface area contributed by atoms with Crippen LogP contribution in [0.3, 0.4) is 0 Å². The van der Waals surface area contributed by atoms with E-state index in [4.69, 9.17) is 0 Å². The molecule has 0 N–H and O–H groups in total. The predicted molar refractivity (Wildman–Crippen MR) is 194 cm³/mol. The van der Waals surface area contributed by atoms with Crippen molar-refractivity contribution >= 4 is 8.78 Å². The molecule has 1 heteroatoms. The first-order valence-electron chi connectivity index (χ1n) is 16.7. The monoisotopic (exact) mass is 674 g/mol. The van der Waals surface area contributed by atoms with Gasteiger partial charge in [-0.3, -0.25) is 0 Å². The van der Waals surface area contributed by atoms with Crippen molar-refractivity contribution in [3.63, 3.8) is 0 Å². The summed E-state index contributed by atoms with van der Waals surface area (Å²) in [7, 11) is 0. The molecule has 0 aliphatic heterocycles. The van der Waals surface area contributed by atoms with Crippen molar-refractivity contribution in [1.82, 2.24) is 0 Å². The van der Waals surface area contributed by atoms with Crippen molar-refractivity contribution in [2.75, 3.05) is 0 Å². The SMILES string of the molecule is CC(C)(C)c1ccc2c(c1)[CH]([Zr]([C]1=CC(c3ccccc3)=CC1)=[C](c1ccccc1)c1ccccc1)c1cc(C(C)(C)C)ccc1-2. The molecule has 5 aromatic carbocycles. The van der Waals surface area contributed by atoms with Crippen molar-refractivity contribution in [1.29, 1.82) is 0 Å². The second kappa shape index (κ2) is 12.2. The summed E-state index contributed by atoms with van der Waals surface area (Å²) in [5, 5.41) is 0. The van der Waals surface area contributed by atoms with E-state index >= 15 is 0 Å². The Balaban J connectivity index is 1.58. The van der Waals surface area contributed by atoms with Gasteiger partial charge in [-0.25, -0.2) is 0 Å². The summed E-state index contributed by atoms with van der Waals surface area (Å²) in [6.45, 7) is 14.1. The van der Waals surface area contributed by atoms with Gasteiger partial charge in [-0.15, -0.1) is 0 Å². The molecule has 7 rings (SSSR count). The molecule has 228 valence electrons. The molecule has 0 unspecified atom stereocenters. The van der Waals surface area contributed by atoms with Gasteiger partial charge in [-0.1, -0.05) is 0 Å². The van der Waals surface area contributed by atoms with Gasteiger partial charge in [0.15, 0.2) is 0 Å². The van der Waals surface area contributed by atoms with E-state index in [9.17, 15) is 0 Å². The van der Waals surface area contributed by atoms with E-state index in [1.807, 2.05) is 0 Å². The van der Waals surface area contributed by atoms with Crippen molar-refractivity contribution < 1.29 is 21.3 Å². The van der Waals surface area contributed by atoms with Crippen LogP contribution in [-0.4, -0.2) is 3.21 Å². The summed E-state index contributed by atoms with van der Waals surface area (Å²) >= 11 is -2.85. The van der Waals surface area contributed by atoms with Crippen LogP contribution < -0.4 is 0 Å². The molecule has 0 aromatic heterocycles. The van der Waals surface area contributed by atoms with Crippen LogP contribution in [0.4, 0.5) is 0 Å². The van der Waals surface area contributed by atoms with E-state index in [-0.39, 0.29) is 10.8 Å². The first kappa shape index (κ1) is 31.0. The first-order chi connectivity index (χ1) is 22.1. The molecule has 0 fully saturated rings. The van der Waals surface area contributed by atoms with Gasteiger partial charge >= 0.3 is 285 Å². The van der Waals surface area contributed by atoms with Crippen molar-refractivity contribution in [2.45, 2.75) is 62.4 Å². The summed E-state index contributed by atoms with van der Waals surface area (Å²) in [6.07, 6.45) is 6.11. The third-order valence-corrected chi connectivity index (χ3v) is 18.0. The van der Waals surface area contributed by atoms with Gasteiger partial charge < -0.3 is 0 Å². The standard InChI is InChI=1S/C21H25.C13H10.C11H9.Zr/c1-20(2,3)16-7-9-18-14(12-16)11-15-13-17(21(4,5)6)8-10-19(15)18;1-3-7-12(8-4-1)11-13-9-5-2-6-10-13;1-2-6-10(7-3-1)11-8-4-5-9-11;/h7-13H,1-6H3;1-10H;1-3,6-9H,4H2;.